The molecule has 1 unspecified atom stereocenters. The maximum Gasteiger partial charge on any atom is 0.0945 e. The number of nitrogens with zero attached hydrogens (tertiary/aromatic N) is 2. The third-order valence-electron chi connectivity index (χ3n) is 4.25. The molecule has 0 saturated heterocycles. The van der Waals surface area contributed by atoms with Crippen molar-refractivity contribution in [2.75, 3.05) is 0 Å². The average Bonchev–Trinajstić information content (AvgIpc) is 3.41. The minimum Gasteiger partial charge on any atom is -0.847 e. The van der Waals surface area contributed by atoms with E-state index in [4.69, 9.17) is 23.2 Å². The first-order chi connectivity index (χ1) is 16.7. The first kappa shape index (κ1) is 30.5. The largest absolute Gasteiger partial charge is 0.847 e. The van der Waals surface area contributed by atoms with Gasteiger partial charge in [0.15, 0.2) is 0 Å². The molecule has 4 radical (unpaired) electrons. The number of halogens is 2. The Morgan fingerprint density at radius 1 is 0.686 bits per heavy atom. The van der Waals surface area contributed by atoms with E-state index in [1.165, 1.54) is 0 Å². The summed E-state index contributed by atoms with van der Waals surface area (Å²) in [5, 5.41) is 12.9. The summed E-state index contributed by atoms with van der Waals surface area (Å²) in [6.07, 6.45) is 4.07. The zero-order valence-electron chi connectivity index (χ0n) is 19.2. The van der Waals surface area contributed by atoms with E-state index in [1.54, 1.807) is 41.5 Å². The zero-order valence-corrected chi connectivity index (χ0v) is 23.6. The molecular weight excluding hydrogens is 582 g/mol. The molecule has 0 amide bonds. The van der Waals surface area contributed by atoms with Gasteiger partial charge in [-0.05, 0) is 17.7 Å². The van der Waals surface area contributed by atoms with Gasteiger partial charge in [-0.3, -0.25) is 0 Å². The molecule has 0 fully saturated rings. The SMILES string of the molecule is [O-]C(Cn1ccnc1)c1ccc(Cl)cc1Cl.[Sn].c1ccccc1.c1ccccc1.c1ccccc1. The monoisotopic (exact) mass is 609 g/mol. The average molecular weight is 609 g/mol. The summed E-state index contributed by atoms with van der Waals surface area (Å²) in [7, 11) is 0. The molecule has 178 valence electrons. The van der Waals surface area contributed by atoms with Crippen LogP contribution in [0.25, 0.3) is 0 Å². The van der Waals surface area contributed by atoms with Crippen molar-refractivity contribution in [3.8, 4) is 0 Å². The van der Waals surface area contributed by atoms with Crippen molar-refractivity contribution in [2.45, 2.75) is 12.6 Å². The fraction of sp³-hybridized carbons (Fsp3) is 0.0690. The van der Waals surface area contributed by atoms with Crippen LogP contribution in [0.5, 0.6) is 0 Å². The van der Waals surface area contributed by atoms with Crippen LogP contribution in [0, 0.1) is 0 Å². The predicted octanol–water partition coefficient (Wildman–Crippen LogP) is 6.97. The van der Waals surface area contributed by atoms with Crippen molar-refractivity contribution >= 4 is 47.1 Å². The summed E-state index contributed by atoms with van der Waals surface area (Å²) < 4.78 is 1.72. The van der Waals surface area contributed by atoms with Crippen molar-refractivity contribution in [3.63, 3.8) is 0 Å². The normalized spacial score (nSPS) is 9.91. The second kappa shape index (κ2) is 19.7. The van der Waals surface area contributed by atoms with E-state index in [0.717, 1.165) is 0 Å². The zero-order chi connectivity index (χ0) is 24.3. The Bertz CT molecular complexity index is 958. The molecule has 0 spiro atoms. The molecule has 4 aromatic carbocycles. The molecule has 1 aromatic heterocycles. The van der Waals surface area contributed by atoms with Gasteiger partial charge in [-0.25, -0.2) is 4.98 Å². The molecule has 1 heterocycles. The van der Waals surface area contributed by atoms with Gasteiger partial charge in [0.05, 0.1) is 6.33 Å². The standard InChI is InChI=1S/C11H9Cl2N2O.3C6H6.Sn/c12-8-1-2-9(10(13)5-8)11(16)6-15-4-3-14-7-15;3*1-2-4-6-5-3-1;/h1-5,7,11H,6H2;3*1-6H;/q-1;;;;. The number of hydrogen-bond acceptors (Lipinski definition) is 2. The number of benzene rings is 4. The van der Waals surface area contributed by atoms with Gasteiger partial charge in [-0.15, -0.1) is 0 Å². The van der Waals surface area contributed by atoms with Crippen LogP contribution in [0.3, 0.4) is 0 Å². The van der Waals surface area contributed by atoms with Crippen LogP contribution in [0.1, 0.15) is 11.7 Å². The molecule has 0 aliphatic rings. The van der Waals surface area contributed by atoms with Gasteiger partial charge in [0.1, 0.15) is 0 Å². The van der Waals surface area contributed by atoms with Crippen LogP contribution in [0.4, 0.5) is 0 Å². The van der Waals surface area contributed by atoms with E-state index >= 15 is 0 Å². The van der Waals surface area contributed by atoms with Crippen LogP contribution >= 0.6 is 23.2 Å². The Morgan fingerprint density at radius 2 is 1.09 bits per heavy atom. The van der Waals surface area contributed by atoms with Gasteiger partial charge in [-0.1, -0.05) is 145 Å². The van der Waals surface area contributed by atoms with Crippen molar-refractivity contribution in [1.29, 1.82) is 0 Å². The van der Waals surface area contributed by atoms with Gasteiger partial charge in [0.25, 0.3) is 0 Å². The summed E-state index contributed by atoms with van der Waals surface area (Å²) in [6.45, 7) is 0.307. The number of hydrogen-bond donors (Lipinski definition) is 0. The first-order valence-corrected chi connectivity index (χ1v) is 11.5. The Hall–Kier alpha value is -2.57. The molecule has 0 bridgehead atoms. The summed E-state index contributed by atoms with van der Waals surface area (Å²) in [5.41, 5.74) is 0.555. The minimum atomic E-state index is -0.918. The molecular formula is C29H27Cl2N2OSn-. The van der Waals surface area contributed by atoms with E-state index in [2.05, 4.69) is 4.98 Å². The quantitative estimate of drug-likeness (QED) is 0.208. The van der Waals surface area contributed by atoms with E-state index in [-0.39, 0.29) is 23.9 Å². The molecule has 0 saturated carbocycles. The topological polar surface area (TPSA) is 40.9 Å². The molecule has 1 atom stereocenters. The Balaban J connectivity index is 0.000000265. The molecule has 0 N–H and O–H groups in total. The van der Waals surface area contributed by atoms with E-state index in [0.29, 0.717) is 22.2 Å². The fourth-order valence-corrected chi connectivity index (χ4v) is 3.13. The maximum absolute atomic E-state index is 12.0. The summed E-state index contributed by atoms with van der Waals surface area (Å²) >= 11 is 11.7. The van der Waals surface area contributed by atoms with Crippen molar-refractivity contribution in [3.05, 3.63) is 162 Å². The van der Waals surface area contributed by atoms with Crippen molar-refractivity contribution < 1.29 is 5.11 Å². The van der Waals surface area contributed by atoms with Gasteiger partial charge in [0, 0.05) is 52.9 Å². The minimum absolute atomic E-state index is 0. The first-order valence-electron chi connectivity index (χ1n) is 10.7. The van der Waals surface area contributed by atoms with Crippen LogP contribution < -0.4 is 5.11 Å². The molecule has 6 heteroatoms. The van der Waals surface area contributed by atoms with Crippen molar-refractivity contribution in [1.82, 2.24) is 9.55 Å². The van der Waals surface area contributed by atoms with E-state index in [9.17, 15) is 5.11 Å². The van der Waals surface area contributed by atoms with E-state index in [1.807, 2.05) is 109 Å². The predicted molar refractivity (Wildman–Crippen MR) is 147 cm³/mol. The van der Waals surface area contributed by atoms with E-state index < -0.39 is 6.10 Å². The van der Waals surface area contributed by atoms with Crippen LogP contribution in [-0.4, -0.2) is 33.5 Å². The van der Waals surface area contributed by atoms with Gasteiger partial charge >= 0.3 is 0 Å². The molecule has 35 heavy (non-hydrogen) atoms. The van der Waals surface area contributed by atoms with Crippen molar-refractivity contribution in [2.24, 2.45) is 0 Å². The van der Waals surface area contributed by atoms with Gasteiger partial charge in [0.2, 0.25) is 0 Å². The molecule has 5 rings (SSSR count). The number of rotatable bonds is 3. The van der Waals surface area contributed by atoms with Crippen LogP contribution in [0.15, 0.2) is 146 Å². The number of aromatic nitrogens is 2. The number of imidazole rings is 1. The Morgan fingerprint density at radius 3 is 1.40 bits per heavy atom. The fourth-order valence-electron chi connectivity index (χ4n) is 2.60. The Labute approximate surface area is 235 Å². The summed E-state index contributed by atoms with van der Waals surface area (Å²) in [4.78, 5) is 3.88. The Kier molecular flexibility index (Phi) is 17.1. The third-order valence-corrected chi connectivity index (χ3v) is 4.81. The molecule has 5 aromatic rings. The summed E-state index contributed by atoms with van der Waals surface area (Å²) in [5.74, 6) is 0. The molecule has 3 nitrogen and oxygen atoms in total. The van der Waals surface area contributed by atoms with Crippen LogP contribution in [-0.2, 0) is 6.54 Å². The van der Waals surface area contributed by atoms with Gasteiger partial charge in [-0.2, -0.15) is 0 Å². The smallest absolute Gasteiger partial charge is 0.0945 e. The second-order valence-corrected chi connectivity index (χ2v) is 7.72. The molecule has 0 aliphatic heterocycles. The maximum atomic E-state index is 12.0. The molecule has 0 aliphatic carbocycles. The van der Waals surface area contributed by atoms with Crippen LogP contribution in [0.2, 0.25) is 10.0 Å². The third kappa shape index (κ3) is 14.4. The second-order valence-electron chi connectivity index (χ2n) is 6.88. The summed E-state index contributed by atoms with van der Waals surface area (Å²) in [6, 6.07) is 40.9. The van der Waals surface area contributed by atoms with Gasteiger partial charge < -0.3 is 9.67 Å².